The molecule has 0 saturated heterocycles. The summed E-state index contributed by atoms with van der Waals surface area (Å²) >= 11 is 0. The Morgan fingerprint density at radius 3 is 2.40 bits per heavy atom. The van der Waals surface area contributed by atoms with E-state index in [4.69, 9.17) is 5.73 Å². The van der Waals surface area contributed by atoms with E-state index < -0.39 is 0 Å². The first-order valence-electron chi connectivity index (χ1n) is 6.27. The summed E-state index contributed by atoms with van der Waals surface area (Å²) in [5.41, 5.74) is 5.40. The quantitative estimate of drug-likeness (QED) is 0.615. The van der Waals surface area contributed by atoms with Crippen LogP contribution in [0.5, 0.6) is 0 Å². The predicted molar refractivity (Wildman–Crippen MR) is 65.9 cm³/mol. The lowest BCUT2D eigenvalue weighted by Gasteiger charge is -2.29. The number of rotatable bonds is 9. The van der Waals surface area contributed by atoms with Gasteiger partial charge in [-0.25, -0.2) is 0 Å². The zero-order chi connectivity index (χ0) is 11.7. The number of nitrogens with two attached hydrogens (primary N) is 1. The molecule has 0 rings (SSSR count). The molecular formula is C12H28N2O. The second-order valence-corrected chi connectivity index (χ2v) is 4.32. The minimum absolute atomic E-state index is 0.335. The van der Waals surface area contributed by atoms with E-state index in [1.165, 1.54) is 19.3 Å². The number of hydrogen-bond acceptors (Lipinski definition) is 3. The van der Waals surface area contributed by atoms with Crippen molar-refractivity contribution in [2.24, 2.45) is 5.73 Å². The summed E-state index contributed by atoms with van der Waals surface area (Å²) in [5, 5.41) is 9.44. The van der Waals surface area contributed by atoms with Crippen LogP contribution in [-0.4, -0.2) is 41.8 Å². The molecule has 0 fully saturated rings. The zero-order valence-corrected chi connectivity index (χ0v) is 10.6. The van der Waals surface area contributed by atoms with E-state index >= 15 is 0 Å². The average molecular weight is 216 g/mol. The van der Waals surface area contributed by atoms with Crippen molar-refractivity contribution in [2.45, 2.75) is 58.6 Å². The van der Waals surface area contributed by atoms with Crippen LogP contribution in [0.2, 0.25) is 0 Å². The molecular weight excluding hydrogens is 188 g/mol. The molecule has 0 amide bonds. The zero-order valence-electron chi connectivity index (χ0n) is 10.6. The van der Waals surface area contributed by atoms with Gasteiger partial charge in [0.15, 0.2) is 0 Å². The van der Waals surface area contributed by atoms with E-state index in [1.807, 2.05) is 0 Å². The van der Waals surface area contributed by atoms with Crippen LogP contribution in [0.3, 0.4) is 0 Å². The lowest BCUT2D eigenvalue weighted by atomic mass is 10.1. The molecule has 0 heterocycles. The van der Waals surface area contributed by atoms with Crippen LogP contribution >= 0.6 is 0 Å². The second kappa shape index (κ2) is 9.13. The predicted octanol–water partition coefficient (Wildman–Crippen LogP) is 1.60. The molecule has 92 valence electrons. The van der Waals surface area contributed by atoms with Crippen LogP contribution in [0, 0.1) is 0 Å². The second-order valence-electron chi connectivity index (χ2n) is 4.32. The molecule has 0 aliphatic heterocycles. The van der Waals surface area contributed by atoms with Gasteiger partial charge in [0, 0.05) is 19.1 Å². The van der Waals surface area contributed by atoms with Gasteiger partial charge >= 0.3 is 0 Å². The number of hydrogen-bond donors (Lipinski definition) is 2. The lowest BCUT2D eigenvalue weighted by molar-refractivity contribution is 0.129. The normalized spacial score (nSPS) is 15.6. The number of aliphatic hydroxyl groups excluding tert-OH is 1. The van der Waals surface area contributed by atoms with Gasteiger partial charge in [0.25, 0.3) is 0 Å². The summed E-state index contributed by atoms with van der Waals surface area (Å²) in [7, 11) is 0. The standard InChI is InChI=1S/C12H28N2O/c1-4-6-8-14(11(3)5-2)9-7-12(15)10-13/h11-12,15H,4-10,13H2,1-3H3. The fraction of sp³-hybridized carbons (Fsp3) is 1.00. The Morgan fingerprint density at radius 1 is 1.27 bits per heavy atom. The van der Waals surface area contributed by atoms with Gasteiger partial charge in [0.2, 0.25) is 0 Å². The molecule has 2 unspecified atom stereocenters. The summed E-state index contributed by atoms with van der Waals surface area (Å²) < 4.78 is 0. The molecule has 0 aliphatic rings. The maximum Gasteiger partial charge on any atom is 0.0674 e. The first-order chi connectivity index (χ1) is 7.15. The largest absolute Gasteiger partial charge is 0.392 e. The van der Waals surface area contributed by atoms with Gasteiger partial charge in [0.05, 0.1) is 6.10 Å². The van der Waals surface area contributed by atoms with Gasteiger partial charge in [0.1, 0.15) is 0 Å². The summed E-state index contributed by atoms with van der Waals surface area (Å²) in [5.74, 6) is 0. The molecule has 3 nitrogen and oxygen atoms in total. The van der Waals surface area contributed by atoms with Gasteiger partial charge in [-0.3, -0.25) is 0 Å². The number of nitrogens with zero attached hydrogens (tertiary/aromatic N) is 1. The third-order valence-corrected chi connectivity index (χ3v) is 3.03. The molecule has 3 heteroatoms. The molecule has 0 aromatic carbocycles. The van der Waals surface area contributed by atoms with Crippen molar-refractivity contribution >= 4 is 0 Å². The summed E-state index contributed by atoms with van der Waals surface area (Å²) in [6, 6.07) is 0.613. The Balaban J connectivity index is 3.89. The highest BCUT2D eigenvalue weighted by Gasteiger charge is 2.12. The minimum Gasteiger partial charge on any atom is -0.392 e. The highest BCUT2D eigenvalue weighted by molar-refractivity contribution is 4.68. The molecule has 3 N–H and O–H groups in total. The summed E-state index contributed by atoms with van der Waals surface area (Å²) in [6.45, 7) is 9.16. The van der Waals surface area contributed by atoms with E-state index in [-0.39, 0.29) is 6.10 Å². The Bertz CT molecular complexity index is 142. The Hall–Kier alpha value is -0.120. The van der Waals surface area contributed by atoms with Crippen molar-refractivity contribution in [3.63, 3.8) is 0 Å². The van der Waals surface area contributed by atoms with Gasteiger partial charge < -0.3 is 15.7 Å². The third-order valence-electron chi connectivity index (χ3n) is 3.03. The monoisotopic (exact) mass is 216 g/mol. The van der Waals surface area contributed by atoms with E-state index in [1.54, 1.807) is 0 Å². The third kappa shape index (κ3) is 6.88. The van der Waals surface area contributed by atoms with Crippen LogP contribution in [0.15, 0.2) is 0 Å². The summed E-state index contributed by atoms with van der Waals surface area (Å²) in [6.07, 6.45) is 4.10. The molecule has 15 heavy (non-hydrogen) atoms. The van der Waals surface area contributed by atoms with Gasteiger partial charge in [-0.05, 0) is 32.7 Å². The smallest absolute Gasteiger partial charge is 0.0674 e. The maximum atomic E-state index is 9.44. The first-order valence-corrected chi connectivity index (χ1v) is 6.27. The Morgan fingerprint density at radius 2 is 1.93 bits per heavy atom. The first kappa shape index (κ1) is 14.9. The molecule has 0 saturated carbocycles. The maximum absolute atomic E-state index is 9.44. The van der Waals surface area contributed by atoms with Crippen molar-refractivity contribution < 1.29 is 5.11 Å². The van der Waals surface area contributed by atoms with Crippen LogP contribution in [0.1, 0.15) is 46.5 Å². The fourth-order valence-corrected chi connectivity index (χ4v) is 1.60. The number of aliphatic hydroxyl groups is 1. The molecule has 0 aromatic rings. The van der Waals surface area contributed by atoms with E-state index in [0.29, 0.717) is 12.6 Å². The Labute approximate surface area is 94.6 Å². The van der Waals surface area contributed by atoms with Crippen LogP contribution in [0.4, 0.5) is 0 Å². The van der Waals surface area contributed by atoms with Crippen molar-refractivity contribution in [1.29, 1.82) is 0 Å². The molecule has 0 radical (unpaired) electrons. The minimum atomic E-state index is -0.335. The molecule has 0 bridgehead atoms. The van der Waals surface area contributed by atoms with E-state index in [9.17, 15) is 5.11 Å². The molecule has 0 aromatic heterocycles. The number of unbranched alkanes of at least 4 members (excludes halogenated alkanes) is 1. The van der Waals surface area contributed by atoms with Crippen LogP contribution in [-0.2, 0) is 0 Å². The van der Waals surface area contributed by atoms with E-state index in [0.717, 1.165) is 19.5 Å². The topological polar surface area (TPSA) is 49.5 Å². The van der Waals surface area contributed by atoms with Crippen molar-refractivity contribution in [3.05, 3.63) is 0 Å². The van der Waals surface area contributed by atoms with Gasteiger partial charge in [-0.1, -0.05) is 20.3 Å². The van der Waals surface area contributed by atoms with Crippen molar-refractivity contribution in [2.75, 3.05) is 19.6 Å². The Kier molecular flexibility index (Phi) is 9.06. The van der Waals surface area contributed by atoms with Crippen LogP contribution in [0.25, 0.3) is 0 Å². The van der Waals surface area contributed by atoms with Crippen molar-refractivity contribution in [1.82, 2.24) is 4.90 Å². The van der Waals surface area contributed by atoms with Crippen molar-refractivity contribution in [3.8, 4) is 0 Å². The van der Waals surface area contributed by atoms with Gasteiger partial charge in [-0.2, -0.15) is 0 Å². The highest BCUT2D eigenvalue weighted by Crippen LogP contribution is 2.07. The molecule has 2 atom stereocenters. The van der Waals surface area contributed by atoms with Crippen LogP contribution < -0.4 is 5.73 Å². The SMILES string of the molecule is CCCCN(CCC(O)CN)C(C)CC. The fourth-order valence-electron chi connectivity index (χ4n) is 1.60. The molecule has 0 aliphatic carbocycles. The molecule has 0 spiro atoms. The summed E-state index contributed by atoms with van der Waals surface area (Å²) in [4.78, 5) is 2.46. The highest BCUT2D eigenvalue weighted by atomic mass is 16.3. The average Bonchev–Trinajstić information content (AvgIpc) is 2.27. The van der Waals surface area contributed by atoms with E-state index in [2.05, 4.69) is 25.7 Å². The van der Waals surface area contributed by atoms with Gasteiger partial charge in [-0.15, -0.1) is 0 Å². The lowest BCUT2D eigenvalue weighted by Crippen LogP contribution is -2.36.